The number of alkyl halides is 3. The molecular formula is C19H22ClF3N2O2. The molecule has 0 aromatic heterocycles. The molecule has 0 aliphatic heterocycles. The Morgan fingerprint density at radius 2 is 1.81 bits per heavy atom. The van der Waals surface area contributed by atoms with Crippen LogP contribution < -0.4 is 15.4 Å². The molecule has 2 N–H and O–H groups in total. The summed E-state index contributed by atoms with van der Waals surface area (Å²) in [4.78, 5) is 11.9. The van der Waals surface area contributed by atoms with Gasteiger partial charge in [-0.3, -0.25) is 4.79 Å². The van der Waals surface area contributed by atoms with Crippen LogP contribution in [0.3, 0.4) is 0 Å². The van der Waals surface area contributed by atoms with E-state index in [9.17, 15) is 18.0 Å². The van der Waals surface area contributed by atoms with Crippen molar-refractivity contribution in [2.75, 3.05) is 18.9 Å². The molecule has 1 amide bonds. The van der Waals surface area contributed by atoms with Gasteiger partial charge in [-0.15, -0.1) is 12.4 Å². The summed E-state index contributed by atoms with van der Waals surface area (Å²) in [5.41, 5.74) is 0.356. The van der Waals surface area contributed by atoms with Gasteiger partial charge in [0.15, 0.2) is 0 Å². The Labute approximate surface area is 162 Å². The summed E-state index contributed by atoms with van der Waals surface area (Å²) in [5, 5.41) is 5.73. The molecule has 0 aliphatic rings. The number of amides is 1. The topological polar surface area (TPSA) is 50.4 Å². The maximum absolute atomic E-state index is 12.7. The zero-order valence-corrected chi connectivity index (χ0v) is 15.8. The third-order valence-corrected chi connectivity index (χ3v) is 3.74. The number of ether oxygens (including phenoxy) is 1. The number of rotatable bonds is 7. The van der Waals surface area contributed by atoms with Gasteiger partial charge in [0.05, 0.1) is 5.56 Å². The van der Waals surface area contributed by atoms with Gasteiger partial charge >= 0.3 is 6.18 Å². The largest absolute Gasteiger partial charge is 0.489 e. The molecule has 27 heavy (non-hydrogen) atoms. The Balaban J connectivity index is 0.00000364. The highest BCUT2D eigenvalue weighted by atomic mass is 35.5. The summed E-state index contributed by atoms with van der Waals surface area (Å²) in [7, 11) is 1.78. The Hall–Kier alpha value is -2.25. The third-order valence-electron chi connectivity index (χ3n) is 3.74. The monoisotopic (exact) mass is 402 g/mol. The highest BCUT2D eigenvalue weighted by Crippen LogP contribution is 2.29. The molecule has 148 valence electrons. The van der Waals surface area contributed by atoms with Crippen LogP contribution in [0.5, 0.6) is 5.75 Å². The molecule has 2 aromatic carbocycles. The Morgan fingerprint density at radius 3 is 2.41 bits per heavy atom. The maximum Gasteiger partial charge on any atom is 0.416 e. The van der Waals surface area contributed by atoms with Crippen molar-refractivity contribution < 1.29 is 22.7 Å². The van der Waals surface area contributed by atoms with Crippen molar-refractivity contribution in [1.29, 1.82) is 0 Å². The molecule has 0 aliphatic carbocycles. The second-order valence-electron chi connectivity index (χ2n) is 5.96. The number of hydrogen-bond donors (Lipinski definition) is 2. The Bertz CT molecular complexity index is 736. The lowest BCUT2D eigenvalue weighted by Crippen LogP contribution is -2.28. The first-order chi connectivity index (χ1) is 12.3. The average molecular weight is 403 g/mol. The minimum Gasteiger partial charge on any atom is -0.489 e. The van der Waals surface area contributed by atoms with E-state index in [0.717, 1.165) is 12.1 Å². The van der Waals surface area contributed by atoms with Crippen molar-refractivity contribution in [2.24, 2.45) is 5.92 Å². The van der Waals surface area contributed by atoms with E-state index in [1.54, 1.807) is 37.4 Å². The zero-order chi connectivity index (χ0) is 19.2. The van der Waals surface area contributed by atoms with Crippen LogP contribution in [0, 0.1) is 5.92 Å². The number of halogens is 4. The van der Waals surface area contributed by atoms with E-state index in [4.69, 9.17) is 4.74 Å². The third kappa shape index (κ3) is 7.11. The van der Waals surface area contributed by atoms with Crippen molar-refractivity contribution in [1.82, 2.24) is 5.32 Å². The molecule has 0 spiro atoms. The molecule has 4 nitrogen and oxygen atoms in total. The van der Waals surface area contributed by atoms with E-state index in [2.05, 4.69) is 10.6 Å². The van der Waals surface area contributed by atoms with Gasteiger partial charge in [-0.05, 0) is 49.0 Å². The van der Waals surface area contributed by atoms with Crippen LogP contribution >= 0.6 is 12.4 Å². The van der Waals surface area contributed by atoms with Crippen LogP contribution in [0.4, 0.5) is 18.9 Å². The molecule has 1 unspecified atom stereocenters. The standard InChI is InChI=1S/C19H21F3N2O2.ClH/c1-13(11-23-2)18(25)24-16-6-8-17(9-7-16)26-12-14-4-3-5-15(10-14)19(20,21)22;/h3-10,13,23H,11-12H2,1-2H3,(H,24,25);1H. The number of carbonyl (C=O) groups is 1. The first-order valence-electron chi connectivity index (χ1n) is 8.14. The lowest BCUT2D eigenvalue weighted by molar-refractivity contribution is -0.137. The van der Waals surface area contributed by atoms with Crippen molar-refractivity contribution in [3.63, 3.8) is 0 Å². The molecule has 0 saturated heterocycles. The quantitative estimate of drug-likeness (QED) is 0.717. The van der Waals surface area contributed by atoms with Gasteiger partial charge in [0, 0.05) is 18.2 Å². The summed E-state index contributed by atoms with van der Waals surface area (Å²) in [6, 6.07) is 11.7. The molecule has 0 radical (unpaired) electrons. The van der Waals surface area contributed by atoms with Crippen molar-refractivity contribution in [2.45, 2.75) is 19.7 Å². The van der Waals surface area contributed by atoms with E-state index in [0.29, 0.717) is 23.5 Å². The molecule has 0 heterocycles. The summed E-state index contributed by atoms with van der Waals surface area (Å²) in [5.74, 6) is 0.234. The average Bonchev–Trinajstić information content (AvgIpc) is 2.61. The fourth-order valence-corrected chi connectivity index (χ4v) is 2.30. The fraction of sp³-hybridized carbons (Fsp3) is 0.316. The highest BCUT2D eigenvalue weighted by molar-refractivity contribution is 5.92. The first-order valence-corrected chi connectivity index (χ1v) is 8.14. The van der Waals surface area contributed by atoms with E-state index < -0.39 is 11.7 Å². The minimum absolute atomic E-state index is 0. The van der Waals surface area contributed by atoms with Crippen LogP contribution in [0.2, 0.25) is 0 Å². The molecule has 2 rings (SSSR count). The molecule has 8 heteroatoms. The lowest BCUT2D eigenvalue weighted by Gasteiger charge is -2.12. The van der Waals surface area contributed by atoms with E-state index in [-0.39, 0.29) is 30.8 Å². The van der Waals surface area contributed by atoms with Gasteiger partial charge in [0.25, 0.3) is 0 Å². The van der Waals surface area contributed by atoms with Crippen LogP contribution in [-0.4, -0.2) is 19.5 Å². The molecule has 0 saturated carbocycles. The van der Waals surface area contributed by atoms with Gasteiger partial charge in [-0.25, -0.2) is 0 Å². The summed E-state index contributed by atoms with van der Waals surface area (Å²) < 4.78 is 43.6. The zero-order valence-electron chi connectivity index (χ0n) is 15.0. The van der Waals surface area contributed by atoms with Crippen molar-refractivity contribution in [3.8, 4) is 5.75 Å². The van der Waals surface area contributed by atoms with Gasteiger partial charge in [-0.2, -0.15) is 13.2 Å². The summed E-state index contributed by atoms with van der Waals surface area (Å²) in [6.07, 6.45) is -4.37. The van der Waals surface area contributed by atoms with Gasteiger partial charge in [0.2, 0.25) is 5.91 Å². The SMILES string of the molecule is CNCC(C)C(=O)Nc1ccc(OCc2cccc(C(F)(F)F)c2)cc1.Cl. The fourth-order valence-electron chi connectivity index (χ4n) is 2.30. The maximum atomic E-state index is 12.7. The summed E-state index contributed by atoms with van der Waals surface area (Å²) >= 11 is 0. The predicted molar refractivity (Wildman–Crippen MR) is 101 cm³/mol. The second-order valence-corrected chi connectivity index (χ2v) is 5.96. The van der Waals surface area contributed by atoms with Crippen LogP contribution in [0.1, 0.15) is 18.1 Å². The first kappa shape index (κ1) is 22.8. The van der Waals surface area contributed by atoms with Crippen molar-refractivity contribution >= 4 is 24.0 Å². The van der Waals surface area contributed by atoms with Crippen LogP contribution in [0.25, 0.3) is 0 Å². The smallest absolute Gasteiger partial charge is 0.416 e. The van der Waals surface area contributed by atoms with Gasteiger partial charge < -0.3 is 15.4 Å². The second kappa shape index (κ2) is 10.2. The normalized spacial score (nSPS) is 12.0. The number of hydrogen-bond acceptors (Lipinski definition) is 3. The number of carbonyl (C=O) groups excluding carboxylic acids is 1. The van der Waals surface area contributed by atoms with E-state index in [1.165, 1.54) is 6.07 Å². The number of anilines is 1. The Morgan fingerprint density at radius 1 is 1.15 bits per heavy atom. The predicted octanol–water partition coefficient (Wildman–Crippen LogP) is 4.50. The molecule has 1 atom stereocenters. The molecule has 0 bridgehead atoms. The summed E-state index contributed by atoms with van der Waals surface area (Å²) in [6.45, 7) is 2.41. The van der Waals surface area contributed by atoms with Gasteiger partial charge in [0.1, 0.15) is 12.4 Å². The minimum atomic E-state index is -4.37. The Kier molecular flexibility index (Phi) is 8.59. The number of benzene rings is 2. The van der Waals surface area contributed by atoms with Crippen LogP contribution in [0.15, 0.2) is 48.5 Å². The number of nitrogens with one attached hydrogen (secondary N) is 2. The van der Waals surface area contributed by atoms with E-state index in [1.807, 2.05) is 6.92 Å². The van der Waals surface area contributed by atoms with Crippen LogP contribution in [-0.2, 0) is 17.6 Å². The molecule has 0 fully saturated rings. The van der Waals surface area contributed by atoms with Gasteiger partial charge in [-0.1, -0.05) is 19.1 Å². The highest BCUT2D eigenvalue weighted by Gasteiger charge is 2.30. The van der Waals surface area contributed by atoms with E-state index >= 15 is 0 Å². The molecule has 2 aromatic rings. The molecular weight excluding hydrogens is 381 g/mol. The van der Waals surface area contributed by atoms with Crippen molar-refractivity contribution in [3.05, 3.63) is 59.7 Å². The lowest BCUT2D eigenvalue weighted by atomic mass is 10.1.